The maximum atomic E-state index is 13.4. The summed E-state index contributed by atoms with van der Waals surface area (Å²) in [6.07, 6.45) is 4.98. The topological polar surface area (TPSA) is 188 Å². The maximum Gasteiger partial charge on any atom is 0.410 e. The minimum Gasteiger partial charge on any atom is -0.445 e. The number of aryl methyl sites for hydroxylation is 4. The number of nitrogens with zero attached hydrogens (tertiary/aromatic N) is 9. The Balaban J connectivity index is 0.000000214. The monoisotopic (exact) mass is 1070 g/mol. The van der Waals surface area contributed by atoms with E-state index in [0.717, 1.165) is 33.4 Å². The minimum absolute atomic E-state index is 0.0345. The Morgan fingerprint density at radius 3 is 1.62 bits per heavy atom. The number of nitrogens with one attached hydrogen (secondary N) is 1. The second kappa shape index (κ2) is 25.5. The standard InChI is InChI=1S/C27H36ClN5O5S.C22H28ClN5O4S/c1-5-14-38-26(36)32-11-10-31(25(35)30-12-15-37-16-13-30)18-22(32)21-17-19(6-7-20-8-9-23(28)39-20)33(29-21)24(34)27(2,3)4;1-2-11-32-22(30)28-8-7-27(21(29)26-9-12-31-13-10-26)15-19(28)18-14-16(24-25-18)3-4-17-5-6-20(23)33-17/h5,8-9,17,22H,1,6-7,10-16,18H2,2-4H3;2,5-6,14,19H,1,3-4,7-13,15H2,(H,24,25). The van der Waals surface area contributed by atoms with Gasteiger partial charge in [-0.25, -0.2) is 23.9 Å². The summed E-state index contributed by atoms with van der Waals surface area (Å²) < 4.78 is 24.4. The molecular formula is C49H64Cl2N10O9S2. The van der Waals surface area contributed by atoms with Gasteiger partial charge in [0.15, 0.2) is 0 Å². The van der Waals surface area contributed by atoms with E-state index in [1.54, 1.807) is 40.7 Å². The summed E-state index contributed by atoms with van der Waals surface area (Å²) in [5.41, 5.74) is 2.29. The Morgan fingerprint density at radius 2 is 1.17 bits per heavy atom. The Bertz CT molecular complexity index is 2510. The number of rotatable bonds is 12. The molecule has 4 aliphatic heterocycles. The van der Waals surface area contributed by atoms with E-state index in [0.29, 0.717) is 107 Å². The number of ether oxygens (including phenoxy) is 4. The number of urea groups is 2. The van der Waals surface area contributed by atoms with Crippen LogP contribution in [-0.2, 0) is 44.6 Å². The fourth-order valence-electron chi connectivity index (χ4n) is 8.63. The molecule has 8 heterocycles. The SMILES string of the molecule is C=CCOC(=O)N1CCN(C(=O)N2CCOCC2)CC1c1cc(CCc2ccc(Cl)s2)[nH]n1.C=CCOC(=O)N1CCN(C(=O)N2CCOCC2)CC1c1cc(CCc2ccc(Cl)s2)n(C(=O)C(C)(C)C)n1. The van der Waals surface area contributed by atoms with Gasteiger partial charge in [-0.15, -0.1) is 22.7 Å². The van der Waals surface area contributed by atoms with Crippen LogP contribution in [0.3, 0.4) is 0 Å². The number of H-pyrrole nitrogens is 1. The van der Waals surface area contributed by atoms with Crippen molar-refractivity contribution in [1.82, 2.24) is 49.4 Å². The molecule has 4 fully saturated rings. The van der Waals surface area contributed by atoms with Crippen LogP contribution in [0.25, 0.3) is 0 Å². The summed E-state index contributed by atoms with van der Waals surface area (Å²) in [5, 5.41) is 12.3. The molecule has 19 nitrogen and oxygen atoms in total. The van der Waals surface area contributed by atoms with E-state index in [1.165, 1.54) is 33.0 Å². The zero-order chi connectivity index (χ0) is 51.4. The maximum absolute atomic E-state index is 13.4. The predicted molar refractivity (Wildman–Crippen MR) is 275 cm³/mol. The summed E-state index contributed by atoms with van der Waals surface area (Å²) in [7, 11) is 0. The molecule has 6 amide bonds. The molecule has 4 aliphatic rings. The van der Waals surface area contributed by atoms with Crippen LogP contribution in [0.2, 0.25) is 8.67 Å². The van der Waals surface area contributed by atoms with Gasteiger partial charge >= 0.3 is 24.2 Å². The second-order valence-electron chi connectivity index (χ2n) is 18.6. The molecule has 4 aromatic rings. The lowest BCUT2D eigenvalue weighted by Gasteiger charge is -2.42. The number of morpholine rings is 2. The molecule has 0 saturated carbocycles. The first-order valence-corrected chi connectivity index (χ1v) is 26.5. The van der Waals surface area contributed by atoms with Crippen molar-refractivity contribution in [3.63, 3.8) is 0 Å². The molecule has 0 aliphatic carbocycles. The molecule has 0 bridgehead atoms. The fraction of sp³-hybridized carbons (Fsp3) is 0.531. The van der Waals surface area contributed by atoms with Gasteiger partial charge in [0, 0.05) is 92.0 Å². The number of amides is 6. The molecule has 23 heteroatoms. The molecule has 0 radical (unpaired) electrons. The number of carbonyl (C=O) groups excluding carboxylic acids is 5. The van der Waals surface area contributed by atoms with Crippen molar-refractivity contribution in [3.8, 4) is 0 Å². The van der Waals surface area contributed by atoms with Crippen LogP contribution in [0.5, 0.6) is 0 Å². The number of piperazine rings is 2. The highest BCUT2D eigenvalue weighted by molar-refractivity contribution is 7.16. The summed E-state index contributed by atoms with van der Waals surface area (Å²) in [6, 6.07) is 10.5. The van der Waals surface area contributed by atoms with Crippen LogP contribution in [0.1, 0.15) is 70.2 Å². The number of thiophene rings is 2. The smallest absolute Gasteiger partial charge is 0.410 e. The highest BCUT2D eigenvalue weighted by atomic mass is 35.5. The van der Waals surface area contributed by atoms with E-state index in [9.17, 15) is 24.0 Å². The Labute approximate surface area is 438 Å². The van der Waals surface area contributed by atoms with E-state index in [2.05, 4.69) is 23.4 Å². The third-order valence-corrected chi connectivity index (χ3v) is 15.1. The molecule has 4 saturated heterocycles. The summed E-state index contributed by atoms with van der Waals surface area (Å²) in [5.74, 6) is -0.147. The van der Waals surface area contributed by atoms with Gasteiger partial charge < -0.3 is 38.5 Å². The predicted octanol–water partition coefficient (Wildman–Crippen LogP) is 7.85. The molecule has 72 heavy (non-hydrogen) atoms. The minimum atomic E-state index is -0.669. The van der Waals surface area contributed by atoms with Crippen LogP contribution < -0.4 is 0 Å². The van der Waals surface area contributed by atoms with Gasteiger partial charge in [0.05, 0.1) is 58.6 Å². The third-order valence-electron chi connectivity index (χ3n) is 12.5. The average Bonchev–Trinajstić information content (AvgIpc) is 4.23. The highest BCUT2D eigenvalue weighted by Crippen LogP contribution is 2.31. The first-order valence-electron chi connectivity index (χ1n) is 24.1. The van der Waals surface area contributed by atoms with Gasteiger partial charge in [-0.1, -0.05) is 69.3 Å². The molecule has 390 valence electrons. The summed E-state index contributed by atoms with van der Waals surface area (Å²) in [4.78, 5) is 78.2. The Morgan fingerprint density at radius 1 is 0.681 bits per heavy atom. The normalized spacial score (nSPS) is 18.6. The van der Waals surface area contributed by atoms with Gasteiger partial charge in [0.25, 0.3) is 5.91 Å². The summed E-state index contributed by atoms with van der Waals surface area (Å²) in [6.45, 7) is 19.3. The van der Waals surface area contributed by atoms with Crippen LogP contribution in [-0.4, -0.2) is 185 Å². The van der Waals surface area contributed by atoms with E-state index in [4.69, 9.17) is 47.2 Å². The number of aromatic amines is 1. The molecule has 0 spiro atoms. The fourth-order valence-corrected chi connectivity index (χ4v) is 10.8. The average molecular weight is 1070 g/mol. The van der Waals surface area contributed by atoms with Crippen molar-refractivity contribution in [2.45, 2.75) is 58.5 Å². The quantitative estimate of drug-likeness (QED) is 0.136. The molecule has 4 aromatic heterocycles. The van der Waals surface area contributed by atoms with E-state index in [1.807, 2.05) is 57.2 Å². The number of hydrogen-bond acceptors (Lipinski definition) is 13. The van der Waals surface area contributed by atoms with E-state index >= 15 is 0 Å². The number of aromatic nitrogens is 4. The van der Waals surface area contributed by atoms with Crippen molar-refractivity contribution < 1.29 is 42.9 Å². The third kappa shape index (κ3) is 14.2. The first-order chi connectivity index (χ1) is 34.6. The molecule has 2 atom stereocenters. The lowest BCUT2D eigenvalue weighted by molar-refractivity contribution is 0.0264. The largest absolute Gasteiger partial charge is 0.445 e. The Hall–Kier alpha value is -5.45. The number of hydrogen-bond donors (Lipinski definition) is 1. The van der Waals surface area contributed by atoms with Crippen LogP contribution in [0.4, 0.5) is 19.2 Å². The number of carbonyl (C=O) groups is 5. The molecule has 0 aromatic carbocycles. The lowest BCUT2D eigenvalue weighted by atomic mass is 9.95. The molecule has 8 rings (SSSR count). The second-order valence-corrected chi connectivity index (χ2v) is 22.2. The van der Waals surface area contributed by atoms with Crippen molar-refractivity contribution in [2.75, 3.05) is 105 Å². The first kappa shape index (κ1) is 54.3. The Kier molecular flexibility index (Phi) is 19.2. The van der Waals surface area contributed by atoms with Crippen molar-refractivity contribution in [2.24, 2.45) is 5.41 Å². The lowest BCUT2D eigenvalue weighted by Crippen LogP contribution is -2.56. The zero-order valence-corrected chi connectivity index (χ0v) is 44.2. The van der Waals surface area contributed by atoms with Crippen LogP contribution in [0.15, 0.2) is 61.7 Å². The van der Waals surface area contributed by atoms with Crippen molar-refractivity contribution in [1.29, 1.82) is 0 Å². The molecule has 2 unspecified atom stereocenters. The zero-order valence-electron chi connectivity index (χ0n) is 41.1. The van der Waals surface area contributed by atoms with Crippen molar-refractivity contribution >= 4 is 76.0 Å². The van der Waals surface area contributed by atoms with Crippen molar-refractivity contribution in [3.05, 3.63) is 103 Å². The van der Waals surface area contributed by atoms with Gasteiger partial charge in [-0.05, 0) is 62.1 Å². The highest BCUT2D eigenvalue weighted by Gasteiger charge is 2.40. The van der Waals surface area contributed by atoms with Gasteiger partial charge in [0.1, 0.15) is 13.2 Å². The van der Waals surface area contributed by atoms with E-state index < -0.39 is 29.7 Å². The van der Waals surface area contributed by atoms with Gasteiger partial charge in [-0.2, -0.15) is 10.2 Å². The van der Waals surface area contributed by atoms with Gasteiger partial charge in [-0.3, -0.25) is 19.7 Å². The van der Waals surface area contributed by atoms with E-state index in [-0.39, 0.29) is 44.3 Å². The summed E-state index contributed by atoms with van der Waals surface area (Å²) >= 11 is 15.2. The van der Waals surface area contributed by atoms with Crippen LogP contribution in [0, 0.1) is 5.41 Å². The van der Waals surface area contributed by atoms with Crippen LogP contribution >= 0.6 is 45.9 Å². The molecular weight excluding hydrogens is 1010 g/mol. The number of halogens is 2. The molecule has 1 N–H and O–H groups in total. The van der Waals surface area contributed by atoms with Gasteiger partial charge in [0.2, 0.25) is 0 Å².